The Balaban J connectivity index is 2.01. The molecule has 0 spiro atoms. The first-order valence-corrected chi connectivity index (χ1v) is 6.78. The van der Waals surface area contributed by atoms with Crippen LogP contribution in [-0.2, 0) is 17.8 Å². The number of nitrogens with one attached hydrogen (secondary N) is 1. The molecule has 1 N–H and O–H groups in total. The summed E-state index contributed by atoms with van der Waals surface area (Å²) >= 11 is 0. The van der Waals surface area contributed by atoms with Crippen molar-refractivity contribution in [2.24, 2.45) is 0 Å². The van der Waals surface area contributed by atoms with Gasteiger partial charge in [-0.3, -0.25) is 0 Å². The maximum Gasteiger partial charge on any atom is 0.318 e. The second-order valence-corrected chi connectivity index (χ2v) is 4.82. The second kappa shape index (κ2) is 7.54. The van der Waals surface area contributed by atoms with Crippen molar-refractivity contribution in [3.8, 4) is 0 Å². The van der Waals surface area contributed by atoms with Crippen LogP contribution in [-0.4, -0.2) is 30.7 Å². The minimum Gasteiger partial charge on any atom is -0.467 e. The van der Waals surface area contributed by atoms with Gasteiger partial charge in [0.25, 0.3) is 0 Å². The number of amides is 2. The molecule has 2 amide bonds. The first kappa shape index (κ1) is 15.2. The van der Waals surface area contributed by atoms with E-state index in [1.807, 2.05) is 19.1 Å². The van der Waals surface area contributed by atoms with Crippen LogP contribution in [0.3, 0.4) is 0 Å². The highest BCUT2D eigenvalue weighted by Crippen LogP contribution is 2.11. The van der Waals surface area contributed by atoms with E-state index in [0.717, 1.165) is 11.5 Å². The van der Waals surface area contributed by atoms with E-state index in [4.69, 9.17) is 13.6 Å². The molecule has 0 aliphatic carbocycles. The highest BCUT2D eigenvalue weighted by molar-refractivity contribution is 5.74. The number of ether oxygens (including phenoxy) is 1. The van der Waals surface area contributed by atoms with Crippen LogP contribution in [0.2, 0.25) is 0 Å². The van der Waals surface area contributed by atoms with Gasteiger partial charge in [-0.15, -0.1) is 0 Å². The van der Waals surface area contributed by atoms with Crippen LogP contribution in [0, 0.1) is 0 Å². The molecule has 0 aliphatic rings. The summed E-state index contributed by atoms with van der Waals surface area (Å²) in [5.74, 6) is 1.44. The highest BCUT2D eigenvalue weighted by atomic mass is 16.5. The van der Waals surface area contributed by atoms with E-state index in [0.29, 0.717) is 19.7 Å². The summed E-state index contributed by atoms with van der Waals surface area (Å²) in [7, 11) is 1.60. The number of hydrogen-bond donors (Lipinski definition) is 1. The van der Waals surface area contributed by atoms with Crippen LogP contribution in [0.25, 0.3) is 0 Å². The van der Waals surface area contributed by atoms with Gasteiger partial charge < -0.3 is 23.8 Å². The molecule has 21 heavy (non-hydrogen) atoms. The van der Waals surface area contributed by atoms with E-state index in [9.17, 15) is 4.79 Å². The molecule has 1 atom stereocenters. The molecule has 0 saturated heterocycles. The maximum absolute atomic E-state index is 12.4. The van der Waals surface area contributed by atoms with E-state index in [-0.39, 0.29) is 12.1 Å². The Hall–Kier alpha value is -2.21. The minimum absolute atomic E-state index is 0.0711. The van der Waals surface area contributed by atoms with Gasteiger partial charge in [0.1, 0.15) is 11.5 Å². The first-order valence-electron chi connectivity index (χ1n) is 6.78. The fourth-order valence-corrected chi connectivity index (χ4v) is 1.97. The SMILES string of the molecule is COCC(C)NC(=O)N(Cc1ccco1)Cc1ccco1. The summed E-state index contributed by atoms with van der Waals surface area (Å²) in [6.07, 6.45) is 3.18. The van der Waals surface area contributed by atoms with Crippen molar-refractivity contribution < 1.29 is 18.4 Å². The smallest absolute Gasteiger partial charge is 0.318 e. The molecule has 0 saturated carbocycles. The first-order chi connectivity index (χ1) is 10.2. The normalized spacial score (nSPS) is 12.1. The zero-order valence-electron chi connectivity index (χ0n) is 12.2. The van der Waals surface area contributed by atoms with Crippen LogP contribution in [0.15, 0.2) is 45.6 Å². The number of carbonyl (C=O) groups excluding carboxylic acids is 1. The average Bonchev–Trinajstić information content (AvgIpc) is 3.11. The lowest BCUT2D eigenvalue weighted by Crippen LogP contribution is -2.44. The van der Waals surface area contributed by atoms with Crippen LogP contribution in [0.4, 0.5) is 4.79 Å². The van der Waals surface area contributed by atoms with Gasteiger partial charge in [-0.1, -0.05) is 0 Å². The predicted molar refractivity (Wildman–Crippen MR) is 76.5 cm³/mol. The van der Waals surface area contributed by atoms with Crippen molar-refractivity contribution in [3.63, 3.8) is 0 Å². The number of rotatable bonds is 7. The molecule has 2 aromatic rings. The highest BCUT2D eigenvalue weighted by Gasteiger charge is 2.18. The van der Waals surface area contributed by atoms with Crippen molar-refractivity contribution in [1.29, 1.82) is 0 Å². The molecule has 6 heteroatoms. The van der Waals surface area contributed by atoms with Crippen molar-refractivity contribution in [2.75, 3.05) is 13.7 Å². The van der Waals surface area contributed by atoms with Gasteiger partial charge >= 0.3 is 6.03 Å². The van der Waals surface area contributed by atoms with Crippen LogP contribution >= 0.6 is 0 Å². The summed E-state index contributed by atoms with van der Waals surface area (Å²) in [6, 6.07) is 7.00. The van der Waals surface area contributed by atoms with Crippen LogP contribution in [0.1, 0.15) is 18.4 Å². The molecule has 0 bridgehead atoms. The fraction of sp³-hybridized carbons (Fsp3) is 0.400. The minimum atomic E-state index is -0.188. The molecular formula is C15H20N2O4. The van der Waals surface area contributed by atoms with Gasteiger partial charge in [0.2, 0.25) is 0 Å². The van der Waals surface area contributed by atoms with Crippen LogP contribution in [0.5, 0.6) is 0 Å². The lowest BCUT2D eigenvalue weighted by atomic mass is 10.3. The number of hydrogen-bond acceptors (Lipinski definition) is 4. The van der Waals surface area contributed by atoms with Gasteiger partial charge in [-0.25, -0.2) is 4.79 Å². The zero-order chi connectivity index (χ0) is 15.1. The lowest BCUT2D eigenvalue weighted by molar-refractivity contribution is 0.153. The fourth-order valence-electron chi connectivity index (χ4n) is 1.97. The second-order valence-electron chi connectivity index (χ2n) is 4.82. The Labute approximate surface area is 123 Å². The van der Waals surface area contributed by atoms with Crippen LogP contribution < -0.4 is 5.32 Å². The Bertz CT molecular complexity index is 486. The van der Waals surface area contributed by atoms with Crippen molar-refractivity contribution in [2.45, 2.75) is 26.1 Å². The third kappa shape index (κ3) is 4.68. The molecule has 2 aromatic heterocycles. The predicted octanol–water partition coefficient (Wildman–Crippen LogP) is 2.62. The molecule has 6 nitrogen and oxygen atoms in total. The number of methoxy groups -OCH3 is 1. The Kier molecular flexibility index (Phi) is 5.45. The number of nitrogens with zero attached hydrogens (tertiary/aromatic N) is 1. The molecule has 2 rings (SSSR count). The third-order valence-corrected chi connectivity index (χ3v) is 2.93. The van der Waals surface area contributed by atoms with Crippen molar-refractivity contribution >= 4 is 6.03 Å². The van der Waals surface area contributed by atoms with Gasteiger partial charge in [0.15, 0.2) is 0 Å². The number of urea groups is 1. The summed E-state index contributed by atoms with van der Waals surface area (Å²) in [6.45, 7) is 3.10. The lowest BCUT2D eigenvalue weighted by Gasteiger charge is -2.23. The van der Waals surface area contributed by atoms with E-state index >= 15 is 0 Å². The molecule has 0 aromatic carbocycles. The molecule has 1 unspecified atom stereocenters. The Morgan fingerprint density at radius 1 is 1.24 bits per heavy atom. The molecule has 114 valence electrons. The van der Waals surface area contributed by atoms with Crippen molar-refractivity contribution in [1.82, 2.24) is 10.2 Å². The molecular weight excluding hydrogens is 272 g/mol. The Morgan fingerprint density at radius 2 is 1.81 bits per heavy atom. The topological polar surface area (TPSA) is 67.8 Å². The van der Waals surface area contributed by atoms with E-state index < -0.39 is 0 Å². The number of furan rings is 2. The molecule has 0 radical (unpaired) electrons. The Morgan fingerprint density at radius 3 is 2.24 bits per heavy atom. The van der Waals surface area contributed by atoms with E-state index in [1.165, 1.54) is 0 Å². The maximum atomic E-state index is 12.4. The van der Waals surface area contributed by atoms with Gasteiger partial charge in [0.05, 0.1) is 38.3 Å². The summed E-state index contributed by atoms with van der Waals surface area (Å²) in [5.41, 5.74) is 0. The van der Waals surface area contributed by atoms with E-state index in [2.05, 4.69) is 5.32 Å². The monoisotopic (exact) mass is 292 g/mol. The third-order valence-electron chi connectivity index (χ3n) is 2.93. The number of carbonyl (C=O) groups is 1. The van der Waals surface area contributed by atoms with Gasteiger partial charge in [0, 0.05) is 7.11 Å². The largest absolute Gasteiger partial charge is 0.467 e. The standard InChI is InChI=1S/C15H20N2O4/c1-12(11-19-2)16-15(18)17(9-13-5-3-7-20-13)10-14-6-4-8-21-14/h3-8,12H,9-11H2,1-2H3,(H,16,18). The molecule has 2 heterocycles. The molecule has 0 aliphatic heterocycles. The molecule has 0 fully saturated rings. The summed E-state index contributed by atoms with van der Waals surface area (Å²) in [4.78, 5) is 14.0. The quantitative estimate of drug-likeness (QED) is 0.851. The summed E-state index contributed by atoms with van der Waals surface area (Å²) < 4.78 is 15.6. The van der Waals surface area contributed by atoms with Gasteiger partial charge in [-0.05, 0) is 31.2 Å². The summed E-state index contributed by atoms with van der Waals surface area (Å²) in [5, 5.41) is 2.88. The zero-order valence-corrected chi connectivity index (χ0v) is 12.2. The van der Waals surface area contributed by atoms with E-state index in [1.54, 1.807) is 36.7 Å². The average molecular weight is 292 g/mol. The van der Waals surface area contributed by atoms with Gasteiger partial charge in [-0.2, -0.15) is 0 Å². The van der Waals surface area contributed by atoms with Crippen molar-refractivity contribution in [3.05, 3.63) is 48.3 Å².